The number of piperidine rings is 1. The van der Waals surface area contributed by atoms with Crippen molar-refractivity contribution in [3.63, 3.8) is 0 Å². The summed E-state index contributed by atoms with van der Waals surface area (Å²) in [6, 6.07) is 2.36. The highest BCUT2D eigenvalue weighted by Crippen LogP contribution is 2.22. The SMILES string of the molecule is O=C1CCNC(c2ccsc2)C1. The number of ketones is 1. The molecular formula is C9H11NOS. The average Bonchev–Trinajstić information content (AvgIpc) is 2.56. The molecule has 0 radical (unpaired) electrons. The van der Waals surface area contributed by atoms with Crippen molar-refractivity contribution in [2.45, 2.75) is 18.9 Å². The van der Waals surface area contributed by atoms with Crippen LogP contribution < -0.4 is 5.32 Å². The van der Waals surface area contributed by atoms with Gasteiger partial charge in [0.05, 0.1) is 0 Å². The number of carbonyl (C=O) groups is 1. The van der Waals surface area contributed by atoms with Gasteiger partial charge in [-0.15, -0.1) is 0 Å². The highest BCUT2D eigenvalue weighted by Gasteiger charge is 2.19. The average molecular weight is 181 g/mol. The lowest BCUT2D eigenvalue weighted by molar-refractivity contribution is -0.120. The minimum absolute atomic E-state index is 0.275. The second-order valence-corrected chi connectivity index (χ2v) is 3.84. The summed E-state index contributed by atoms with van der Waals surface area (Å²) in [7, 11) is 0. The van der Waals surface area contributed by atoms with Crippen LogP contribution in [0.1, 0.15) is 24.4 Å². The Labute approximate surface area is 75.6 Å². The fraction of sp³-hybridized carbons (Fsp3) is 0.444. The Kier molecular flexibility index (Phi) is 2.23. The fourth-order valence-electron chi connectivity index (χ4n) is 1.50. The Morgan fingerprint density at radius 3 is 3.17 bits per heavy atom. The number of hydrogen-bond acceptors (Lipinski definition) is 3. The van der Waals surface area contributed by atoms with Gasteiger partial charge in [-0.1, -0.05) is 0 Å². The molecule has 0 spiro atoms. The van der Waals surface area contributed by atoms with Crippen LogP contribution in [0.15, 0.2) is 16.8 Å². The van der Waals surface area contributed by atoms with Gasteiger partial charge in [0.15, 0.2) is 0 Å². The molecule has 1 unspecified atom stereocenters. The third kappa shape index (κ3) is 1.57. The molecule has 1 atom stereocenters. The van der Waals surface area contributed by atoms with Gasteiger partial charge >= 0.3 is 0 Å². The van der Waals surface area contributed by atoms with E-state index in [1.807, 2.05) is 0 Å². The molecule has 1 N–H and O–H groups in total. The van der Waals surface area contributed by atoms with E-state index in [4.69, 9.17) is 0 Å². The Hall–Kier alpha value is -0.670. The molecular weight excluding hydrogens is 170 g/mol. The molecule has 0 aromatic carbocycles. The van der Waals surface area contributed by atoms with E-state index in [0.717, 1.165) is 6.54 Å². The molecule has 0 saturated carbocycles. The first-order valence-electron chi connectivity index (χ1n) is 4.13. The third-order valence-corrected chi connectivity index (χ3v) is 2.87. The van der Waals surface area contributed by atoms with Crippen LogP contribution in [-0.4, -0.2) is 12.3 Å². The summed E-state index contributed by atoms with van der Waals surface area (Å²) in [6.45, 7) is 0.833. The Balaban J connectivity index is 2.09. The summed E-state index contributed by atoms with van der Waals surface area (Å²) in [6.07, 6.45) is 1.36. The van der Waals surface area contributed by atoms with Crippen molar-refractivity contribution in [1.82, 2.24) is 5.32 Å². The van der Waals surface area contributed by atoms with Gasteiger partial charge in [0.2, 0.25) is 0 Å². The first-order valence-corrected chi connectivity index (χ1v) is 5.08. The van der Waals surface area contributed by atoms with Crippen LogP contribution in [0.4, 0.5) is 0 Å². The molecule has 2 rings (SSSR count). The molecule has 1 aromatic rings. The van der Waals surface area contributed by atoms with Gasteiger partial charge in [0, 0.05) is 25.4 Å². The standard InChI is InChI=1S/C9H11NOS/c11-8-1-3-10-9(5-8)7-2-4-12-6-7/h2,4,6,9-10H,1,3,5H2. The fourth-order valence-corrected chi connectivity index (χ4v) is 2.21. The summed E-state index contributed by atoms with van der Waals surface area (Å²) in [5.41, 5.74) is 1.26. The van der Waals surface area contributed by atoms with E-state index in [9.17, 15) is 4.79 Å². The summed E-state index contributed by atoms with van der Waals surface area (Å²) in [4.78, 5) is 11.1. The highest BCUT2D eigenvalue weighted by molar-refractivity contribution is 7.07. The molecule has 2 nitrogen and oxygen atoms in total. The van der Waals surface area contributed by atoms with Crippen molar-refractivity contribution in [2.24, 2.45) is 0 Å². The zero-order chi connectivity index (χ0) is 8.39. The van der Waals surface area contributed by atoms with Crippen LogP contribution in [0.5, 0.6) is 0 Å². The molecule has 1 fully saturated rings. The molecule has 1 saturated heterocycles. The summed E-state index contributed by atoms with van der Waals surface area (Å²) in [5, 5.41) is 7.50. The second kappa shape index (κ2) is 3.37. The number of thiophene rings is 1. The summed E-state index contributed by atoms with van der Waals surface area (Å²) in [5.74, 6) is 0.380. The Morgan fingerprint density at radius 1 is 1.58 bits per heavy atom. The molecule has 1 aliphatic rings. The minimum Gasteiger partial charge on any atom is -0.309 e. The predicted octanol–water partition coefficient (Wildman–Crippen LogP) is 1.74. The number of rotatable bonds is 1. The van der Waals surface area contributed by atoms with Crippen molar-refractivity contribution < 1.29 is 4.79 Å². The first kappa shape index (κ1) is 7.95. The van der Waals surface area contributed by atoms with Gasteiger partial charge in [-0.3, -0.25) is 4.79 Å². The van der Waals surface area contributed by atoms with Gasteiger partial charge < -0.3 is 5.32 Å². The lowest BCUT2D eigenvalue weighted by Crippen LogP contribution is -2.31. The molecule has 2 heterocycles. The van der Waals surface area contributed by atoms with Crippen molar-refractivity contribution in [1.29, 1.82) is 0 Å². The zero-order valence-electron chi connectivity index (χ0n) is 6.75. The zero-order valence-corrected chi connectivity index (χ0v) is 7.56. The number of Topliss-reactive ketones (excluding diaryl/α,β-unsaturated/α-hetero) is 1. The lowest BCUT2D eigenvalue weighted by atomic mass is 9.99. The van der Waals surface area contributed by atoms with E-state index < -0.39 is 0 Å². The molecule has 1 aliphatic heterocycles. The van der Waals surface area contributed by atoms with Crippen molar-refractivity contribution >= 4 is 17.1 Å². The monoisotopic (exact) mass is 181 g/mol. The maximum Gasteiger partial charge on any atom is 0.136 e. The van der Waals surface area contributed by atoms with Crippen LogP contribution in [0, 0.1) is 0 Å². The number of hydrogen-bond donors (Lipinski definition) is 1. The molecule has 1 aromatic heterocycles. The van der Waals surface area contributed by atoms with E-state index in [1.165, 1.54) is 5.56 Å². The van der Waals surface area contributed by atoms with Crippen molar-refractivity contribution in [3.05, 3.63) is 22.4 Å². The molecule has 3 heteroatoms. The normalized spacial score (nSPS) is 24.3. The molecule has 0 bridgehead atoms. The Morgan fingerprint density at radius 2 is 2.50 bits per heavy atom. The number of carbonyl (C=O) groups excluding carboxylic acids is 1. The smallest absolute Gasteiger partial charge is 0.136 e. The van der Waals surface area contributed by atoms with Gasteiger partial charge in [0.25, 0.3) is 0 Å². The minimum atomic E-state index is 0.275. The van der Waals surface area contributed by atoms with E-state index >= 15 is 0 Å². The Bertz CT molecular complexity index is 268. The first-order chi connectivity index (χ1) is 5.86. The summed E-state index contributed by atoms with van der Waals surface area (Å²) < 4.78 is 0. The molecule has 0 amide bonds. The van der Waals surface area contributed by atoms with Gasteiger partial charge in [0.1, 0.15) is 5.78 Å². The van der Waals surface area contributed by atoms with Crippen molar-refractivity contribution in [3.8, 4) is 0 Å². The molecule has 12 heavy (non-hydrogen) atoms. The van der Waals surface area contributed by atoms with Gasteiger partial charge in [-0.05, 0) is 22.4 Å². The van der Waals surface area contributed by atoms with Crippen LogP contribution in [-0.2, 0) is 4.79 Å². The quantitative estimate of drug-likeness (QED) is 0.715. The third-order valence-electron chi connectivity index (χ3n) is 2.17. The lowest BCUT2D eigenvalue weighted by Gasteiger charge is -2.21. The van der Waals surface area contributed by atoms with E-state index in [0.29, 0.717) is 18.6 Å². The van der Waals surface area contributed by atoms with Gasteiger partial charge in [-0.2, -0.15) is 11.3 Å². The van der Waals surface area contributed by atoms with Crippen LogP contribution in [0.2, 0.25) is 0 Å². The van der Waals surface area contributed by atoms with Crippen molar-refractivity contribution in [2.75, 3.05) is 6.54 Å². The van der Waals surface area contributed by atoms with E-state index in [1.54, 1.807) is 11.3 Å². The number of nitrogens with one attached hydrogen (secondary N) is 1. The molecule has 0 aliphatic carbocycles. The topological polar surface area (TPSA) is 29.1 Å². The van der Waals surface area contributed by atoms with Crippen LogP contribution in [0.25, 0.3) is 0 Å². The molecule has 64 valence electrons. The van der Waals surface area contributed by atoms with E-state index in [2.05, 4.69) is 22.1 Å². The van der Waals surface area contributed by atoms with E-state index in [-0.39, 0.29) is 6.04 Å². The predicted molar refractivity (Wildman–Crippen MR) is 49.3 cm³/mol. The van der Waals surface area contributed by atoms with Crippen LogP contribution in [0.3, 0.4) is 0 Å². The maximum atomic E-state index is 11.1. The summed E-state index contributed by atoms with van der Waals surface area (Å²) >= 11 is 1.68. The largest absolute Gasteiger partial charge is 0.309 e. The van der Waals surface area contributed by atoms with Crippen LogP contribution >= 0.6 is 11.3 Å². The maximum absolute atomic E-state index is 11.1. The van der Waals surface area contributed by atoms with Gasteiger partial charge in [-0.25, -0.2) is 0 Å². The highest BCUT2D eigenvalue weighted by atomic mass is 32.1. The second-order valence-electron chi connectivity index (χ2n) is 3.06.